The summed E-state index contributed by atoms with van der Waals surface area (Å²) < 4.78 is 11.1. The van der Waals surface area contributed by atoms with E-state index < -0.39 is 10.8 Å². The maximum Gasteiger partial charge on any atom is 0.0503 e. The maximum atomic E-state index is 11.1. The standard InChI is InChI=1S/C10H11NOS/c1-13(12)7-9-4-2-3-8-5-6-11-10(8)9/h2-6,11H,7H2,1H3. The fourth-order valence-electron chi connectivity index (χ4n) is 1.49. The Labute approximate surface area is 79.4 Å². The third kappa shape index (κ3) is 1.65. The van der Waals surface area contributed by atoms with Crippen molar-refractivity contribution < 1.29 is 4.21 Å². The summed E-state index contributed by atoms with van der Waals surface area (Å²) in [6, 6.07) is 8.09. The molecule has 68 valence electrons. The second-order valence-corrected chi connectivity index (χ2v) is 4.51. The molecule has 0 aliphatic heterocycles. The van der Waals surface area contributed by atoms with Crippen molar-refractivity contribution in [2.75, 3.05) is 6.26 Å². The number of para-hydroxylation sites is 1. The van der Waals surface area contributed by atoms with Crippen molar-refractivity contribution in [1.29, 1.82) is 0 Å². The van der Waals surface area contributed by atoms with Crippen molar-refractivity contribution in [2.45, 2.75) is 5.75 Å². The summed E-state index contributed by atoms with van der Waals surface area (Å²) in [6.07, 6.45) is 3.63. The zero-order chi connectivity index (χ0) is 9.26. The van der Waals surface area contributed by atoms with E-state index in [9.17, 15) is 4.21 Å². The van der Waals surface area contributed by atoms with E-state index in [0.717, 1.165) is 11.1 Å². The van der Waals surface area contributed by atoms with E-state index >= 15 is 0 Å². The van der Waals surface area contributed by atoms with Gasteiger partial charge in [-0.1, -0.05) is 18.2 Å². The second-order valence-electron chi connectivity index (χ2n) is 3.08. The first kappa shape index (κ1) is 8.51. The molecule has 0 radical (unpaired) electrons. The van der Waals surface area contributed by atoms with Gasteiger partial charge in [0.05, 0.1) is 5.75 Å². The molecule has 0 aliphatic carbocycles. The summed E-state index contributed by atoms with van der Waals surface area (Å²) in [5, 5.41) is 1.18. The molecule has 1 N–H and O–H groups in total. The molecule has 1 aromatic heterocycles. The number of aromatic amines is 1. The minimum Gasteiger partial charge on any atom is -0.361 e. The fourth-order valence-corrected chi connectivity index (χ4v) is 2.17. The molecule has 1 unspecified atom stereocenters. The van der Waals surface area contributed by atoms with Gasteiger partial charge in [-0.25, -0.2) is 0 Å². The summed E-state index contributed by atoms with van der Waals surface area (Å²) in [4.78, 5) is 3.16. The van der Waals surface area contributed by atoms with Crippen molar-refractivity contribution in [3.63, 3.8) is 0 Å². The van der Waals surface area contributed by atoms with Gasteiger partial charge in [-0.15, -0.1) is 0 Å². The largest absolute Gasteiger partial charge is 0.361 e. The maximum absolute atomic E-state index is 11.1. The van der Waals surface area contributed by atoms with Crippen molar-refractivity contribution in [1.82, 2.24) is 4.98 Å². The second kappa shape index (κ2) is 3.34. The fraction of sp³-hybridized carbons (Fsp3) is 0.200. The molecule has 0 bridgehead atoms. The molecule has 13 heavy (non-hydrogen) atoms. The molecule has 3 heteroatoms. The van der Waals surface area contributed by atoms with E-state index in [4.69, 9.17) is 0 Å². The first-order valence-electron chi connectivity index (χ1n) is 4.12. The van der Waals surface area contributed by atoms with E-state index in [1.807, 2.05) is 30.5 Å². The van der Waals surface area contributed by atoms with E-state index in [1.165, 1.54) is 5.39 Å². The minimum atomic E-state index is -0.777. The molecule has 0 aliphatic rings. The van der Waals surface area contributed by atoms with E-state index in [-0.39, 0.29) is 0 Å². The first-order chi connectivity index (χ1) is 6.27. The van der Waals surface area contributed by atoms with Gasteiger partial charge in [-0.2, -0.15) is 0 Å². The molecule has 1 atom stereocenters. The van der Waals surface area contributed by atoms with E-state index in [0.29, 0.717) is 5.75 Å². The molecule has 0 saturated heterocycles. The lowest BCUT2D eigenvalue weighted by Crippen LogP contribution is -1.92. The predicted octanol–water partition coefficient (Wildman–Crippen LogP) is 2.05. The van der Waals surface area contributed by atoms with Gasteiger partial charge < -0.3 is 4.98 Å². The Kier molecular flexibility index (Phi) is 2.19. The quantitative estimate of drug-likeness (QED) is 0.778. The summed E-state index contributed by atoms with van der Waals surface area (Å²) in [5.74, 6) is 0.623. The third-order valence-corrected chi connectivity index (χ3v) is 2.75. The lowest BCUT2D eigenvalue weighted by molar-refractivity contribution is 0.686. The number of aromatic nitrogens is 1. The van der Waals surface area contributed by atoms with Gasteiger partial charge in [-0.05, 0) is 17.0 Å². The van der Waals surface area contributed by atoms with Crippen LogP contribution >= 0.6 is 0 Å². The van der Waals surface area contributed by atoms with Crippen molar-refractivity contribution in [3.05, 3.63) is 36.0 Å². The summed E-state index contributed by atoms with van der Waals surface area (Å²) >= 11 is 0. The zero-order valence-corrected chi connectivity index (χ0v) is 8.23. The van der Waals surface area contributed by atoms with Crippen LogP contribution in [0.15, 0.2) is 30.5 Å². The van der Waals surface area contributed by atoms with E-state index in [2.05, 4.69) is 4.98 Å². The van der Waals surface area contributed by atoms with Gasteiger partial charge in [0.15, 0.2) is 0 Å². The Balaban J connectivity index is 2.54. The third-order valence-electron chi connectivity index (χ3n) is 2.03. The zero-order valence-electron chi connectivity index (χ0n) is 7.41. The number of nitrogens with one attached hydrogen (secondary N) is 1. The van der Waals surface area contributed by atoms with Gasteiger partial charge >= 0.3 is 0 Å². The number of benzene rings is 1. The van der Waals surface area contributed by atoms with E-state index in [1.54, 1.807) is 6.26 Å². The van der Waals surface area contributed by atoms with Crippen LogP contribution in [-0.4, -0.2) is 15.4 Å². The average Bonchev–Trinajstić information content (AvgIpc) is 2.51. The molecule has 2 nitrogen and oxygen atoms in total. The smallest absolute Gasteiger partial charge is 0.0503 e. The number of hydrogen-bond acceptors (Lipinski definition) is 1. The van der Waals surface area contributed by atoms with Gasteiger partial charge in [-0.3, -0.25) is 4.21 Å². The molecule has 1 heterocycles. The molecule has 0 amide bonds. The van der Waals surface area contributed by atoms with Crippen molar-refractivity contribution in [2.24, 2.45) is 0 Å². The Morgan fingerprint density at radius 1 is 1.38 bits per heavy atom. The van der Waals surface area contributed by atoms with Gasteiger partial charge in [0.25, 0.3) is 0 Å². The highest BCUT2D eigenvalue weighted by Crippen LogP contribution is 2.17. The van der Waals surface area contributed by atoms with Crippen LogP contribution in [0.1, 0.15) is 5.56 Å². The monoisotopic (exact) mass is 193 g/mol. The van der Waals surface area contributed by atoms with Crippen LogP contribution < -0.4 is 0 Å². The van der Waals surface area contributed by atoms with Crippen molar-refractivity contribution in [3.8, 4) is 0 Å². The molecule has 2 aromatic rings. The molecule has 2 rings (SSSR count). The molecular formula is C10H11NOS. The number of hydrogen-bond donors (Lipinski definition) is 1. The Bertz CT molecular complexity index is 447. The number of fused-ring (bicyclic) bond motifs is 1. The van der Waals surface area contributed by atoms with Crippen LogP contribution in [0.2, 0.25) is 0 Å². The molecule has 0 saturated carbocycles. The van der Waals surface area contributed by atoms with Gasteiger partial charge in [0.1, 0.15) is 0 Å². The highest BCUT2D eigenvalue weighted by atomic mass is 32.2. The van der Waals surface area contributed by atoms with Crippen LogP contribution in [0, 0.1) is 0 Å². The van der Waals surface area contributed by atoms with Crippen LogP contribution in [0.25, 0.3) is 10.9 Å². The van der Waals surface area contributed by atoms with Crippen molar-refractivity contribution >= 4 is 21.7 Å². The molecule has 1 aromatic carbocycles. The Hall–Kier alpha value is -1.09. The summed E-state index contributed by atoms with van der Waals surface area (Å²) in [5.41, 5.74) is 2.24. The SMILES string of the molecule is CS(=O)Cc1cccc2cc[nH]c12. The average molecular weight is 193 g/mol. The highest BCUT2D eigenvalue weighted by Gasteiger charge is 2.02. The van der Waals surface area contributed by atoms with Crippen LogP contribution in [-0.2, 0) is 16.6 Å². The van der Waals surface area contributed by atoms with Crippen LogP contribution in [0.3, 0.4) is 0 Å². The molecular weight excluding hydrogens is 182 g/mol. The normalized spacial score (nSPS) is 13.3. The first-order valence-corrected chi connectivity index (χ1v) is 5.85. The predicted molar refractivity (Wildman–Crippen MR) is 56.1 cm³/mol. The minimum absolute atomic E-state index is 0.623. The highest BCUT2D eigenvalue weighted by molar-refractivity contribution is 7.83. The lowest BCUT2D eigenvalue weighted by atomic mass is 10.2. The lowest BCUT2D eigenvalue weighted by Gasteiger charge is -1.99. The summed E-state index contributed by atoms with van der Waals surface area (Å²) in [7, 11) is -0.777. The summed E-state index contributed by atoms with van der Waals surface area (Å²) in [6.45, 7) is 0. The van der Waals surface area contributed by atoms with Crippen LogP contribution in [0.4, 0.5) is 0 Å². The topological polar surface area (TPSA) is 32.9 Å². The molecule has 0 spiro atoms. The number of H-pyrrole nitrogens is 1. The van der Waals surface area contributed by atoms with Crippen LogP contribution in [0.5, 0.6) is 0 Å². The Morgan fingerprint density at radius 3 is 3.00 bits per heavy atom. The number of rotatable bonds is 2. The van der Waals surface area contributed by atoms with Gasteiger partial charge in [0, 0.05) is 28.8 Å². The molecule has 0 fully saturated rings. The van der Waals surface area contributed by atoms with Gasteiger partial charge in [0.2, 0.25) is 0 Å². The Morgan fingerprint density at radius 2 is 2.23 bits per heavy atom.